The highest BCUT2D eigenvalue weighted by Gasteiger charge is 2.44. The van der Waals surface area contributed by atoms with E-state index in [1.165, 1.54) is 16.2 Å². The number of hydrogen-bond donors (Lipinski definition) is 3. The van der Waals surface area contributed by atoms with Gasteiger partial charge < -0.3 is 20.9 Å². The van der Waals surface area contributed by atoms with Crippen molar-refractivity contribution in [2.45, 2.75) is 65.3 Å². The number of urea groups is 1. The number of aromatic nitrogens is 2. The molecule has 4 rings (SSSR count). The van der Waals surface area contributed by atoms with Crippen molar-refractivity contribution < 1.29 is 19.2 Å². The van der Waals surface area contributed by atoms with Crippen LogP contribution in [0.3, 0.4) is 0 Å². The molecule has 0 saturated carbocycles. The molecule has 0 unspecified atom stereocenters. The molecule has 1 fully saturated rings. The second kappa shape index (κ2) is 12.1. The third kappa shape index (κ3) is 7.02. The number of hydrogen-bond acceptors (Lipinski definition) is 7. The van der Waals surface area contributed by atoms with Crippen LogP contribution in [0.1, 0.15) is 77.3 Å². The lowest BCUT2D eigenvalue weighted by Gasteiger charge is -2.44. The maximum absolute atomic E-state index is 13.8. The number of carbonyl (C=O) groups excluding carboxylic acids is 4. The third-order valence-corrected chi connectivity index (χ3v) is 8.91. The van der Waals surface area contributed by atoms with Gasteiger partial charge in [0.05, 0.1) is 0 Å². The Morgan fingerprint density at radius 3 is 2.42 bits per heavy atom. The highest BCUT2D eigenvalue weighted by Crippen LogP contribution is 2.35. The summed E-state index contributed by atoms with van der Waals surface area (Å²) < 4.78 is 0. The fourth-order valence-electron chi connectivity index (χ4n) is 4.85. The standard InChI is InChI=1S/C31H39N7O4S/c1-18-8-12-21(16-20(18)11-9-19-10-13-22(24(32)39)33-17-19)34-29(42)36-25-23(35-27(43-25)30(2,3)4)26(40)38-15-14-37(7)28(41)31(38,5)6/h8,10,12-13,16-17H,9,11,14-15H2,1-7H3,(H2,32,39)(H2,34,36,42). The zero-order chi connectivity index (χ0) is 31.7. The minimum absolute atomic E-state index is 0.121. The zero-order valence-corrected chi connectivity index (χ0v) is 26.5. The van der Waals surface area contributed by atoms with Gasteiger partial charge in [0, 0.05) is 37.4 Å². The summed E-state index contributed by atoms with van der Waals surface area (Å²) in [6.45, 7) is 12.2. The Morgan fingerprint density at radius 1 is 1.07 bits per heavy atom. The minimum Gasteiger partial charge on any atom is -0.364 e. The Hall–Kier alpha value is -4.32. The molecule has 1 saturated heterocycles. The van der Waals surface area contributed by atoms with Crippen molar-refractivity contribution in [2.24, 2.45) is 5.73 Å². The number of rotatable bonds is 7. The van der Waals surface area contributed by atoms with Crippen molar-refractivity contribution >= 4 is 45.8 Å². The molecule has 1 aliphatic rings. The molecule has 43 heavy (non-hydrogen) atoms. The number of primary amides is 1. The summed E-state index contributed by atoms with van der Waals surface area (Å²) in [5.74, 6) is -1.12. The highest BCUT2D eigenvalue weighted by atomic mass is 32.1. The smallest absolute Gasteiger partial charge is 0.324 e. The first kappa shape index (κ1) is 31.6. The van der Waals surface area contributed by atoms with Crippen LogP contribution in [0.25, 0.3) is 0 Å². The van der Waals surface area contributed by atoms with Crippen molar-refractivity contribution in [3.05, 3.63) is 69.6 Å². The van der Waals surface area contributed by atoms with Crippen LogP contribution >= 0.6 is 11.3 Å². The van der Waals surface area contributed by atoms with Crippen molar-refractivity contribution in [3.8, 4) is 0 Å². The Bertz CT molecular complexity index is 1560. The summed E-state index contributed by atoms with van der Waals surface area (Å²) in [7, 11) is 1.72. The number of piperazine rings is 1. The quantitative estimate of drug-likeness (QED) is 0.364. The first-order chi connectivity index (χ1) is 20.1. The van der Waals surface area contributed by atoms with Gasteiger partial charge in [0.1, 0.15) is 21.2 Å². The molecule has 5 amide bonds. The number of anilines is 2. The molecule has 228 valence electrons. The number of carbonyl (C=O) groups is 4. The lowest BCUT2D eigenvalue weighted by molar-refractivity contribution is -0.144. The Morgan fingerprint density at radius 2 is 1.79 bits per heavy atom. The van der Waals surface area contributed by atoms with Gasteiger partial charge in [-0.2, -0.15) is 0 Å². The van der Waals surface area contributed by atoms with Crippen LogP contribution in [-0.4, -0.2) is 69.2 Å². The lowest BCUT2D eigenvalue weighted by atomic mass is 9.97. The van der Waals surface area contributed by atoms with Gasteiger partial charge in [0.15, 0.2) is 5.69 Å². The highest BCUT2D eigenvalue weighted by molar-refractivity contribution is 7.16. The summed E-state index contributed by atoms with van der Waals surface area (Å²) >= 11 is 1.25. The molecule has 3 heterocycles. The number of amides is 5. The number of nitrogens with one attached hydrogen (secondary N) is 2. The topological polar surface area (TPSA) is 151 Å². The molecular formula is C31H39N7O4S. The van der Waals surface area contributed by atoms with Gasteiger partial charge in [-0.05, 0) is 68.5 Å². The van der Waals surface area contributed by atoms with Crippen LogP contribution in [0.2, 0.25) is 0 Å². The normalized spacial score (nSPS) is 14.9. The number of nitrogens with zero attached hydrogens (tertiary/aromatic N) is 4. The Labute approximate surface area is 255 Å². The fourth-order valence-corrected chi connectivity index (χ4v) is 5.86. The van der Waals surface area contributed by atoms with Gasteiger partial charge in [-0.25, -0.2) is 9.78 Å². The van der Waals surface area contributed by atoms with E-state index in [9.17, 15) is 19.2 Å². The van der Waals surface area contributed by atoms with E-state index >= 15 is 0 Å². The van der Waals surface area contributed by atoms with E-state index in [1.807, 2.05) is 52.0 Å². The summed E-state index contributed by atoms with van der Waals surface area (Å²) in [5.41, 5.74) is 7.89. The maximum atomic E-state index is 13.8. The number of nitrogens with two attached hydrogens (primary N) is 1. The average molecular weight is 606 g/mol. The van der Waals surface area contributed by atoms with Gasteiger partial charge in [-0.3, -0.25) is 24.7 Å². The Kier molecular flexibility index (Phi) is 8.91. The number of likely N-dealkylation sites (N-methyl/N-ethyl adjacent to an activating group) is 1. The molecule has 3 aromatic rings. The number of pyridine rings is 1. The van der Waals surface area contributed by atoms with E-state index in [4.69, 9.17) is 5.73 Å². The van der Waals surface area contributed by atoms with Crippen LogP contribution in [0.15, 0.2) is 36.5 Å². The summed E-state index contributed by atoms with van der Waals surface area (Å²) in [6, 6.07) is 8.60. The predicted molar refractivity (Wildman–Crippen MR) is 168 cm³/mol. The van der Waals surface area contributed by atoms with Crippen LogP contribution in [0.4, 0.5) is 15.5 Å². The predicted octanol–water partition coefficient (Wildman–Crippen LogP) is 4.36. The van der Waals surface area contributed by atoms with Gasteiger partial charge in [0.2, 0.25) is 5.91 Å². The van der Waals surface area contributed by atoms with Crippen molar-refractivity contribution in [1.29, 1.82) is 0 Å². The molecule has 2 aromatic heterocycles. The SMILES string of the molecule is Cc1ccc(NC(=O)Nc2sc(C(C)(C)C)nc2C(=O)N2CCN(C)C(=O)C2(C)C)cc1CCc1ccc(C(N)=O)nc1. The van der Waals surface area contributed by atoms with Gasteiger partial charge in [-0.15, -0.1) is 0 Å². The molecule has 0 bridgehead atoms. The largest absolute Gasteiger partial charge is 0.364 e. The van der Waals surface area contributed by atoms with Gasteiger partial charge in [0.25, 0.3) is 11.8 Å². The van der Waals surface area contributed by atoms with E-state index < -0.39 is 23.4 Å². The molecule has 0 radical (unpaired) electrons. The Balaban J connectivity index is 1.51. The summed E-state index contributed by atoms with van der Waals surface area (Å²) in [6.07, 6.45) is 3.03. The second-order valence-corrected chi connectivity index (χ2v) is 13.3. The van der Waals surface area contributed by atoms with Crippen molar-refractivity contribution in [1.82, 2.24) is 19.8 Å². The number of thiazole rings is 1. The molecule has 4 N–H and O–H groups in total. The van der Waals surface area contributed by atoms with Crippen molar-refractivity contribution in [2.75, 3.05) is 30.8 Å². The van der Waals surface area contributed by atoms with Crippen LogP contribution < -0.4 is 16.4 Å². The van der Waals surface area contributed by atoms with Gasteiger partial charge >= 0.3 is 6.03 Å². The van der Waals surface area contributed by atoms with Crippen LogP contribution in [-0.2, 0) is 23.1 Å². The molecule has 0 aliphatic carbocycles. The van der Waals surface area contributed by atoms with E-state index in [-0.39, 0.29) is 22.7 Å². The molecule has 11 nitrogen and oxygen atoms in total. The molecule has 0 spiro atoms. The molecular weight excluding hydrogens is 566 g/mol. The van der Waals surface area contributed by atoms with Crippen LogP contribution in [0.5, 0.6) is 0 Å². The third-order valence-electron chi connectivity index (χ3n) is 7.51. The van der Waals surface area contributed by atoms with Gasteiger partial charge in [-0.1, -0.05) is 44.2 Å². The number of aryl methyl sites for hydroxylation is 3. The molecule has 0 atom stereocenters. The van der Waals surface area contributed by atoms with E-state index in [0.717, 1.165) is 16.7 Å². The minimum atomic E-state index is -1.05. The zero-order valence-electron chi connectivity index (χ0n) is 25.7. The molecule has 1 aliphatic heterocycles. The first-order valence-electron chi connectivity index (χ1n) is 14.1. The van der Waals surface area contributed by atoms with Crippen molar-refractivity contribution in [3.63, 3.8) is 0 Å². The molecule has 12 heteroatoms. The maximum Gasteiger partial charge on any atom is 0.324 e. The number of benzene rings is 1. The fraction of sp³-hybridized carbons (Fsp3) is 0.419. The second-order valence-electron chi connectivity index (χ2n) is 12.3. The monoisotopic (exact) mass is 605 g/mol. The van der Waals surface area contributed by atoms with Crippen LogP contribution in [0, 0.1) is 6.92 Å². The van der Waals surface area contributed by atoms with E-state index in [2.05, 4.69) is 20.6 Å². The summed E-state index contributed by atoms with van der Waals surface area (Å²) in [4.78, 5) is 63.0. The average Bonchev–Trinajstić information content (AvgIpc) is 3.36. The van der Waals surface area contributed by atoms with E-state index in [1.54, 1.807) is 38.1 Å². The first-order valence-corrected chi connectivity index (χ1v) is 14.9. The van der Waals surface area contributed by atoms with E-state index in [0.29, 0.717) is 41.6 Å². The molecule has 1 aromatic carbocycles. The summed E-state index contributed by atoms with van der Waals surface area (Å²) in [5, 5.41) is 6.74. The lowest BCUT2D eigenvalue weighted by Crippen LogP contribution is -2.63.